The van der Waals surface area contributed by atoms with E-state index in [2.05, 4.69) is 365 Å². The lowest BCUT2D eigenvalue weighted by Crippen LogP contribution is -2.36. The molecule has 5 aromatic heterocycles. The molecule has 588 valence electrons. The minimum atomic E-state index is -2.09. The highest BCUT2D eigenvalue weighted by Gasteiger charge is 2.62. The van der Waals surface area contributed by atoms with Gasteiger partial charge in [0.25, 0.3) is 0 Å². The zero-order valence-electron chi connectivity index (χ0n) is 79.2. The van der Waals surface area contributed by atoms with Gasteiger partial charge in [-0.3, -0.25) is 0 Å². The van der Waals surface area contributed by atoms with Crippen LogP contribution in [0.3, 0.4) is 0 Å². The maximum absolute atomic E-state index is 9.30. The van der Waals surface area contributed by atoms with Crippen molar-refractivity contribution >= 4 is 0 Å². The van der Waals surface area contributed by atoms with Crippen molar-refractivity contribution < 1.29 is 28.3 Å². The Morgan fingerprint density at radius 1 is 0.312 bits per heavy atom. The molecular weight excluding hydrogens is 1360 g/mol. The van der Waals surface area contributed by atoms with Crippen LogP contribution in [0.2, 0.25) is 0 Å². The lowest BCUT2D eigenvalue weighted by molar-refractivity contribution is -0.661. The minimum Gasteiger partial charge on any atom is -0.201 e. The number of aryl methyl sites for hydroxylation is 15. The Kier molecular flexibility index (Phi) is 19.2. The molecule has 7 aliphatic carbocycles. The van der Waals surface area contributed by atoms with Crippen LogP contribution in [-0.4, -0.2) is 0 Å². The zero-order valence-corrected chi connectivity index (χ0v) is 75.2. The van der Waals surface area contributed by atoms with E-state index in [-0.39, 0.29) is 43.3 Å². The van der Waals surface area contributed by atoms with Crippen LogP contribution in [0.25, 0.3) is 56.3 Å². The average Bonchev–Trinajstić information content (AvgIpc) is 1.50. The van der Waals surface area contributed by atoms with Gasteiger partial charge in [0.1, 0.15) is 35.2 Å². The van der Waals surface area contributed by atoms with Gasteiger partial charge in [0.05, 0.1) is 0 Å². The van der Waals surface area contributed by atoms with Gasteiger partial charge in [-0.2, -0.15) is 0 Å². The normalized spacial score (nSPS) is 23.3. The van der Waals surface area contributed by atoms with Gasteiger partial charge in [-0.25, -0.2) is 22.8 Å². The monoisotopic (exact) mass is 1500 g/mol. The van der Waals surface area contributed by atoms with E-state index >= 15 is 0 Å². The van der Waals surface area contributed by atoms with E-state index in [0.717, 1.165) is 35.2 Å². The first-order valence-corrected chi connectivity index (χ1v) is 42.1. The number of pyridine rings is 5. The van der Waals surface area contributed by atoms with Crippen LogP contribution >= 0.6 is 0 Å². The number of nitrogens with zero attached hydrogens (tertiary/aromatic N) is 5. The van der Waals surface area contributed by atoms with Crippen LogP contribution in [-0.2, 0) is 78.6 Å². The van der Waals surface area contributed by atoms with E-state index in [1.165, 1.54) is 161 Å². The summed E-state index contributed by atoms with van der Waals surface area (Å²) in [6.07, 6.45) is 19.7. The second-order valence-corrected chi connectivity index (χ2v) is 41.7. The second-order valence-electron chi connectivity index (χ2n) is 41.7. The number of benzene rings is 5. The van der Waals surface area contributed by atoms with E-state index in [4.69, 9.17) is 4.11 Å². The van der Waals surface area contributed by atoms with Crippen LogP contribution in [0, 0.1) is 80.0 Å². The maximum atomic E-state index is 9.30. The van der Waals surface area contributed by atoms with Gasteiger partial charge >= 0.3 is 0 Å². The largest absolute Gasteiger partial charge is 0.216 e. The summed E-state index contributed by atoms with van der Waals surface area (Å²) in [7, 11) is 10.8. The van der Waals surface area contributed by atoms with E-state index in [9.17, 15) is 1.37 Å². The first-order valence-electron chi connectivity index (χ1n) is 44.1. The van der Waals surface area contributed by atoms with E-state index in [0.29, 0.717) is 22.3 Å². The van der Waals surface area contributed by atoms with E-state index in [1.54, 1.807) is 23.3 Å². The molecule has 4 bridgehead atoms. The minimum absolute atomic E-state index is 0.0283. The third-order valence-corrected chi connectivity index (χ3v) is 29.6. The summed E-state index contributed by atoms with van der Waals surface area (Å²) in [4.78, 5) is 0. The van der Waals surface area contributed by atoms with Crippen molar-refractivity contribution in [1.82, 2.24) is 0 Å². The van der Waals surface area contributed by atoms with Gasteiger partial charge in [-0.1, -0.05) is 213 Å². The molecule has 4 unspecified atom stereocenters. The Hall–Kier alpha value is -8.15. The molecule has 5 heteroatoms. The standard InChI is InChI=1S/2C22H28N.3C21H28N/c2*1-14-7-8-16(15(2)11-14)20-12-17-18-9-10-22(5,21(18,3)4)19(17)13-23(20)6;1-14-8-9-16(15(2)10-14)19-11-17-18(12-22(19)7)21(5,6)13-20(17,3)4;2*1-14-8-9-16(15(2)12-14)19-18-17(10-11-22(19)7)20(3,4)13-21(18,5)6/h2*7-8,11-13,18H,9-10H2,1-6H3;3*8-12H,13H2,1-7H3/q5*+1/i1D3,18D;;;;. The van der Waals surface area contributed by atoms with E-state index in [1.807, 2.05) is 20.0 Å². The third kappa shape index (κ3) is 13.7. The van der Waals surface area contributed by atoms with Gasteiger partial charge in [-0.15, -0.1) is 0 Å². The van der Waals surface area contributed by atoms with Crippen LogP contribution in [0.5, 0.6) is 0 Å². The Bertz CT molecular complexity index is 5490. The second kappa shape index (κ2) is 28.1. The Labute approximate surface area is 684 Å². The zero-order chi connectivity index (χ0) is 85.4. The highest BCUT2D eigenvalue weighted by atomic mass is 15.0. The predicted octanol–water partition coefficient (Wildman–Crippen LogP) is 24.2. The van der Waals surface area contributed by atoms with Gasteiger partial charge in [0.15, 0.2) is 31.0 Å². The first-order chi connectivity index (χ1) is 53.5. The number of hydrogen-bond donors (Lipinski definition) is 0. The molecule has 0 amide bonds. The fraction of sp³-hybridized carbons (Fsp3) is 0.486. The molecule has 0 N–H and O–H groups in total. The fourth-order valence-corrected chi connectivity index (χ4v) is 23.7. The molecule has 0 spiro atoms. The number of fused-ring (bicyclic) bond motifs is 13. The predicted molar refractivity (Wildman–Crippen MR) is 471 cm³/mol. The van der Waals surface area contributed by atoms with Crippen molar-refractivity contribution in [2.75, 3.05) is 0 Å². The van der Waals surface area contributed by atoms with Gasteiger partial charge in [-0.05, 0) is 255 Å². The van der Waals surface area contributed by atoms with Gasteiger partial charge < -0.3 is 0 Å². The van der Waals surface area contributed by atoms with Gasteiger partial charge in [0.2, 0.25) is 28.5 Å². The molecule has 0 saturated heterocycles. The first kappa shape index (κ1) is 76.5. The number of aromatic nitrogens is 5. The molecule has 4 atom stereocenters. The maximum Gasteiger partial charge on any atom is 0.216 e. The summed E-state index contributed by atoms with van der Waals surface area (Å²) in [6, 6.07) is 44.3. The third-order valence-electron chi connectivity index (χ3n) is 29.6. The highest BCUT2D eigenvalue weighted by molar-refractivity contribution is 5.72. The smallest absolute Gasteiger partial charge is 0.201 e. The lowest BCUT2D eigenvalue weighted by Gasteiger charge is -2.34. The van der Waals surface area contributed by atoms with Crippen LogP contribution < -0.4 is 22.8 Å². The van der Waals surface area contributed by atoms with Crippen molar-refractivity contribution in [2.45, 2.75) is 294 Å². The van der Waals surface area contributed by atoms with Crippen LogP contribution in [0.4, 0.5) is 0 Å². The molecule has 112 heavy (non-hydrogen) atoms. The Morgan fingerprint density at radius 3 is 1.04 bits per heavy atom. The fourth-order valence-electron chi connectivity index (χ4n) is 23.7. The summed E-state index contributed by atoms with van der Waals surface area (Å²) >= 11 is 0. The Balaban J connectivity index is 0.000000126. The quantitative estimate of drug-likeness (QED) is 0.153. The molecule has 17 rings (SSSR count). The summed E-state index contributed by atoms with van der Waals surface area (Å²) in [6.45, 7) is 60.3. The molecule has 5 nitrogen and oxygen atoms in total. The summed E-state index contributed by atoms with van der Waals surface area (Å²) in [5, 5.41) is 0. The van der Waals surface area contributed by atoms with Crippen molar-refractivity contribution in [3.63, 3.8) is 0 Å². The summed E-state index contributed by atoms with van der Waals surface area (Å²) in [5.41, 5.74) is 42.0. The molecule has 5 aromatic carbocycles. The molecule has 7 aliphatic rings. The van der Waals surface area contributed by atoms with Crippen molar-refractivity contribution in [1.29, 1.82) is 0 Å². The molecular formula is C107H140N5+5. The number of rotatable bonds is 5. The highest BCUT2D eigenvalue weighted by Crippen LogP contribution is 2.69. The topological polar surface area (TPSA) is 19.4 Å². The molecule has 2 fully saturated rings. The van der Waals surface area contributed by atoms with Crippen LogP contribution in [0.15, 0.2) is 152 Å². The van der Waals surface area contributed by atoms with Crippen LogP contribution in [0.1, 0.15) is 298 Å². The van der Waals surface area contributed by atoms with Crippen molar-refractivity contribution in [3.05, 3.63) is 264 Å². The molecule has 0 aliphatic heterocycles. The molecule has 0 radical (unpaired) electrons. The van der Waals surface area contributed by atoms with Crippen molar-refractivity contribution in [2.24, 2.45) is 46.1 Å². The van der Waals surface area contributed by atoms with E-state index < -0.39 is 12.7 Å². The molecule has 5 heterocycles. The molecule has 10 aromatic rings. The average molecular weight is 1500 g/mol. The summed E-state index contributed by atoms with van der Waals surface area (Å²) < 4.78 is 43.6. The SMILES string of the molecule is Cc1ccc(-c2c3c(cc[n+]2C)C(C)(C)CC3(C)C)c(C)c1.Cc1ccc(-c2c3c(cc[n+]2C)C(C)(C)CC3(C)C)c(C)c1.Cc1ccc(-c2cc3c(c[n+]2C)C(C)(C)CC3(C)C)c(C)c1.Cc1ccc(-c2cc3c(c[n+]2C)C2(C)CCC3C2(C)C)c(C)c1.[2H]C([2H])([2H])c1ccc(-c2cc3c(c[n+]2C)C2(C)CCC3([2H])C2(C)C)c(C)c1. The molecule has 2 saturated carbocycles. The summed E-state index contributed by atoms with van der Waals surface area (Å²) in [5.74, 6) is 0.153. The van der Waals surface area contributed by atoms with Crippen molar-refractivity contribution in [3.8, 4) is 56.3 Å². The number of hydrogen-bond acceptors (Lipinski definition) is 0. The lowest BCUT2D eigenvalue weighted by atomic mass is 9.69. The Morgan fingerprint density at radius 2 is 0.634 bits per heavy atom. The van der Waals surface area contributed by atoms with Gasteiger partial charge in [0, 0.05) is 102 Å².